The van der Waals surface area contributed by atoms with Crippen molar-refractivity contribution in [2.45, 2.75) is 51.9 Å². The third kappa shape index (κ3) is 1.85. The Hall–Kier alpha value is -0.670. The van der Waals surface area contributed by atoms with E-state index in [1.165, 1.54) is 0 Å². The van der Waals surface area contributed by atoms with Crippen molar-refractivity contribution in [1.82, 2.24) is 0 Å². The van der Waals surface area contributed by atoms with E-state index in [1.54, 1.807) is 0 Å². The molecule has 0 spiro atoms. The molecule has 0 aromatic carbocycles. The number of aliphatic carboxylic acids is 1. The maximum absolute atomic E-state index is 13.4. The maximum Gasteiger partial charge on any atom is 0.316 e. The molecule has 1 N–H and O–H groups in total. The van der Waals surface area contributed by atoms with Crippen molar-refractivity contribution in [3.63, 3.8) is 0 Å². The molecule has 2 saturated carbocycles. The third-order valence-electron chi connectivity index (χ3n) is 4.82. The first kappa shape index (κ1) is 12.8. The number of carbonyl (C=O) groups is 1. The molecule has 0 aromatic rings. The summed E-state index contributed by atoms with van der Waals surface area (Å²) in [5, 5.41) is 9.09. The molecule has 0 heterocycles. The summed E-state index contributed by atoms with van der Waals surface area (Å²) in [6, 6.07) is 0. The molecule has 17 heavy (non-hydrogen) atoms. The van der Waals surface area contributed by atoms with E-state index in [9.17, 15) is 13.6 Å². The molecule has 2 aliphatic rings. The summed E-state index contributed by atoms with van der Waals surface area (Å²) in [7, 11) is 0. The fourth-order valence-electron chi connectivity index (χ4n) is 3.43. The second-order valence-corrected chi connectivity index (χ2v) is 6.01. The molecule has 0 saturated heterocycles. The predicted octanol–water partition coefficient (Wildman–Crippen LogP) is 3.56. The van der Waals surface area contributed by atoms with Gasteiger partial charge in [0.15, 0.2) is 0 Å². The zero-order chi connectivity index (χ0) is 12.8. The van der Waals surface area contributed by atoms with Crippen molar-refractivity contribution < 1.29 is 18.7 Å². The summed E-state index contributed by atoms with van der Waals surface area (Å²) in [5.41, 5.74) is -1.73. The zero-order valence-electron chi connectivity index (χ0n) is 10.4. The topological polar surface area (TPSA) is 37.3 Å². The first-order chi connectivity index (χ1) is 7.81. The Morgan fingerprint density at radius 2 is 1.71 bits per heavy atom. The van der Waals surface area contributed by atoms with E-state index in [-0.39, 0.29) is 5.92 Å². The summed E-state index contributed by atoms with van der Waals surface area (Å²) in [6.07, 6.45) is 2.63. The molecule has 2 aliphatic carbocycles. The van der Waals surface area contributed by atoms with E-state index < -0.39 is 23.7 Å². The molecule has 2 nitrogen and oxygen atoms in total. The Bertz CT molecular complexity index is 319. The van der Waals surface area contributed by atoms with Crippen LogP contribution in [0.1, 0.15) is 46.0 Å². The quantitative estimate of drug-likeness (QED) is 0.826. The minimum absolute atomic E-state index is 0.329. The highest BCUT2D eigenvalue weighted by Gasteiger charge is 2.78. The molecule has 1 unspecified atom stereocenters. The number of alkyl halides is 2. The van der Waals surface area contributed by atoms with Crippen molar-refractivity contribution in [1.29, 1.82) is 0 Å². The second kappa shape index (κ2) is 3.92. The molecular weight excluding hydrogens is 226 g/mol. The smallest absolute Gasteiger partial charge is 0.316 e. The van der Waals surface area contributed by atoms with Crippen molar-refractivity contribution in [3.05, 3.63) is 0 Å². The van der Waals surface area contributed by atoms with Crippen LogP contribution in [0.15, 0.2) is 0 Å². The van der Waals surface area contributed by atoms with E-state index >= 15 is 0 Å². The normalized spacial score (nSPS) is 40.3. The predicted molar refractivity (Wildman–Crippen MR) is 59.9 cm³/mol. The largest absolute Gasteiger partial charge is 0.481 e. The van der Waals surface area contributed by atoms with Gasteiger partial charge in [-0.3, -0.25) is 4.79 Å². The molecular formula is C13H20F2O2. The van der Waals surface area contributed by atoms with Crippen LogP contribution in [0.2, 0.25) is 0 Å². The fraction of sp³-hybridized carbons (Fsp3) is 0.923. The van der Waals surface area contributed by atoms with Crippen molar-refractivity contribution in [2.75, 3.05) is 0 Å². The molecule has 0 radical (unpaired) electrons. The number of carboxylic acids is 1. The van der Waals surface area contributed by atoms with Gasteiger partial charge in [-0.15, -0.1) is 0 Å². The maximum atomic E-state index is 13.4. The Kier molecular flexibility index (Phi) is 2.95. The number of rotatable bonds is 3. The van der Waals surface area contributed by atoms with Gasteiger partial charge in [0.25, 0.3) is 5.92 Å². The van der Waals surface area contributed by atoms with E-state index in [4.69, 9.17) is 5.11 Å². The van der Waals surface area contributed by atoms with Gasteiger partial charge in [-0.05, 0) is 43.4 Å². The van der Waals surface area contributed by atoms with Gasteiger partial charge in [-0.2, -0.15) is 0 Å². The monoisotopic (exact) mass is 246 g/mol. The van der Waals surface area contributed by atoms with Crippen LogP contribution < -0.4 is 0 Å². The van der Waals surface area contributed by atoms with Crippen molar-refractivity contribution in [3.8, 4) is 0 Å². The van der Waals surface area contributed by atoms with Gasteiger partial charge < -0.3 is 5.11 Å². The van der Waals surface area contributed by atoms with E-state index in [2.05, 4.69) is 13.8 Å². The summed E-state index contributed by atoms with van der Waals surface area (Å²) in [4.78, 5) is 11.1. The van der Waals surface area contributed by atoms with Gasteiger partial charge in [0, 0.05) is 6.42 Å². The Morgan fingerprint density at radius 1 is 1.24 bits per heavy atom. The minimum Gasteiger partial charge on any atom is -0.481 e. The molecule has 2 rings (SSSR count). The minimum atomic E-state index is -2.98. The molecule has 0 bridgehead atoms. The lowest BCUT2D eigenvalue weighted by atomic mass is 9.71. The highest BCUT2D eigenvalue weighted by Crippen LogP contribution is 2.67. The standard InChI is InChI=1S/C13H20F2O2/c1-8(2)9-3-5-10(6-4-9)12(11(16)17)7-13(12,14)15/h8-10H,3-7H2,1-2H3,(H,16,17). The molecule has 4 heteroatoms. The van der Waals surface area contributed by atoms with Gasteiger partial charge >= 0.3 is 5.97 Å². The average molecular weight is 246 g/mol. The van der Waals surface area contributed by atoms with Gasteiger partial charge in [0.1, 0.15) is 5.41 Å². The van der Waals surface area contributed by atoms with Crippen LogP contribution in [0, 0.1) is 23.2 Å². The van der Waals surface area contributed by atoms with Crippen LogP contribution in [-0.4, -0.2) is 17.0 Å². The van der Waals surface area contributed by atoms with E-state index in [0.717, 1.165) is 12.8 Å². The first-order valence-corrected chi connectivity index (χ1v) is 6.42. The number of hydrogen-bond acceptors (Lipinski definition) is 1. The molecule has 98 valence electrons. The van der Waals surface area contributed by atoms with Gasteiger partial charge in [0.05, 0.1) is 0 Å². The summed E-state index contributed by atoms with van der Waals surface area (Å²) < 4.78 is 26.7. The summed E-state index contributed by atoms with van der Waals surface area (Å²) in [5.74, 6) is -3.46. The van der Waals surface area contributed by atoms with Crippen LogP contribution in [0.5, 0.6) is 0 Å². The first-order valence-electron chi connectivity index (χ1n) is 6.42. The second-order valence-electron chi connectivity index (χ2n) is 6.01. The third-order valence-corrected chi connectivity index (χ3v) is 4.82. The highest BCUT2D eigenvalue weighted by molar-refractivity contribution is 5.80. The molecule has 1 atom stereocenters. The average Bonchev–Trinajstić information content (AvgIpc) is 2.83. The van der Waals surface area contributed by atoms with Gasteiger partial charge in [-0.25, -0.2) is 8.78 Å². The number of halogens is 2. The summed E-state index contributed by atoms with van der Waals surface area (Å²) in [6.45, 7) is 4.29. The zero-order valence-corrected chi connectivity index (χ0v) is 10.4. The van der Waals surface area contributed by atoms with Crippen molar-refractivity contribution >= 4 is 5.97 Å². The van der Waals surface area contributed by atoms with Gasteiger partial charge in [0.2, 0.25) is 0 Å². The number of hydrogen-bond donors (Lipinski definition) is 1. The Labute approximate surface area is 100 Å². The van der Waals surface area contributed by atoms with Crippen LogP contribution in [0.4, 0.5) is 8.78 Å². The molecule has 0 aromatic heterocycles. The van der Waals surface area contributed by atoms with E-state index in [0.29, 0.717) is 24.7 Å². The van der Waals surface area contributed by atoms with Gasteiger partial charge in [-0.1, -0.05) is 13.8 Å². The van der Waals surface area contributed by atoms with Crippen LogP contribution in [0.25, 0.3) is 0 Å². The van der Waals surface area contributed by atoms with Crippen LogP contribution in [-0.2, 0) is 4.79 Å². The van der Waals surface area contributed by atoms with E-state index in [1.807, 2.05) is 0 Å². The SMILES string of the molecule is CC(C)C1CCC(C2(C(=O)O)CC2(F)F)CC1. The lowest BCUT2D eigenvalue weighted by molar-refractivity contribution is -0.152. The molecule has 0 aliphatic heterocycles. The fourth-order valence-corrected chi connectivity index (χ4v) is 3.43. The summed E-state index contributed by atoms with van der Waals surface area (Å²) >= 11 is 0. The lowest BCUT2D eigenvalue weighted by Crippen LogP contribution is -2.34. The Morgan fingerprint density at radius 3 is 2.00 bits per heavy atom. The number of carboxylic acid groups (broad SMARTS) is 1. The molecule has 2 fully saturated rings. The highest BCUT2D eigenvalue weighted by atomic mass is 19.3. The van der Waals surface area contributed by atoms with Crippen LogP contribution in [0.3, 0.4) is 0 Å². The molecule has 0 amide bonds. The lowest BCUT2D eigenvalue weighted by Gasteiger charge is -2.34. The Balaban J connectivity index is 2.04. The van der Waals surface area contributed by atoms with Crippen LogP contribution >= 0.6 is 0 Å². The van der Waals surface area contributed by atoms with Crippen molar-refractivity contribution in [2.24, 2.45) is 23.2 Å².